The fraction of sp³-hybridized carbons (Fsp3) is 0.167. The zero-order valence-electron chi connectivity index (χ0n) is 14.2. The van der Waals surface area contributed by atoms with Gasteiger partial charge in [0.2, 0.25) is 5.88 Å². The number of hydrogen-bond acceptors (Lipinski definition) is 8. The van der Waals surface area contributed by atoms with E-state index in [0.717, 1.165) is 12.1 Å². The number of nitrogens with zero attached hydrogens (tertiary/aromatic N) is 5. The molecule has 8 nitrogen and oxygen atoms in total. The van der Waals surface area contributed by atoms with E-state index in [0.29, 0.717) is 40.9 Å². The average Bonchev–Trinajstić information content (AvgIpc) is 2.68. The van der Waals surface area contributed by atoms with Gasteiger partial charge in [-0.15, -0.1) is 0 Å². The molecule has 0 amide bonds. The van der Waals surface area contributed by atoms with Crippen LogP contribution in [0.15, 0.2) is 43.0 Å². The normalized spacial score (nSPS) is 10.2. The van der Waals surface area contributed by atoms with E-state index in [1.165, 1.54) is 6.33 Å². The Kier molecular flexibility index (Phi) is 5.31. The van der Waals surface area contributed by atoms with Gasteiger partial charge < -0.3 is 15.8 Å². The summed E-state index contributed by atoms with van der Waals surface area (Å²) in [6.45, 7) is 3.07. The maximum absolute atomic E-state index is 9.19. The predicted molar refractivity (Wildman–Crippen MR) is 96.3 cm³/mol. The first-order valence-electron chi connectivity index (χ1n) is 8.02. The molecule has 0 saturated carbocycles. The highest BCUT2D eigenvalue weighted by Crippen LogP contribution is 2.32. The summed E-state index contributed by atoms with van der Waals surface area (Å²) in [4.78, 5) is 16.9. The third kappa shape index (κ3) is 3.91. The molecule has 0 aliphatic carbocycles. The van der Waals surface area contributed by atoms with Crippen molar-refractivity contribution in [2.75, 3.05) is 11.9 Å². The van der Waals surface area contributed by atoms with Crippen molar-refractivity contribution in [1.29, 1.82) is 5.26 Å². The number of aromatic nitrogens is 4. The minimum absolute atomic E-state index is 0.353. The van der Waals surface area contributed by atoms with Crippen LogP contribution in [-0.4, -0.2) is 26.5 Å². The average molecular weight is 347 g/mol. The van der Waals surface area contributed by atoms with E-state index in [-0.39, 0.29) is 0 Å². The Morgan fingerprint density at radius 3 is 2.65 bits per heavy atom. The van der Waals surface area contributed by atoms with Crippen LogP contribution in [-0.2, 0) is 6.54 Å². The van der Waals surface area contributed by atoms with Crippen molar-refractivity contribution >= 4 is 5.82 Å². The van der Waals surface area contributed by atoms with E-state index in [9.17, 15) is 5.26 Å². The Bertz CT molecular complexity index is 935. The summed E-state index contributed by atoms with van der Waals surface area (Å²) in [5.41, 5.74) is 7.53. The van der Waals surface area contributed by atoms with Crippen molar-refractivity contribution in [3.05, 3.63) is 54.1 Å². The minimum Gasteiger partial charge on any atom is -0.438 e. The first-order valence-corrected chi connectivity index (χ1v) is 8.02. The first-order chi connectivity index (χ1) is 12.7. The van der Waals surface area contributed by atoms with Gasteiger partial charge in [0.15, 0.2) is 5.82 Å². The van der Waals surface area contributed by atoms with Crippen LogP contribution in [0.1, 0.15) is 18.1 Å². The molecule has 0 saturated heterocycles. The molecule has 0 fully saturated rings. The van der Waals surface area contributed by atoms with E-state index in [2.05, 4.69) is 31.3 Å². The molecule has 0 aliphatic heterocycles. The summed E-state index contributed by atoms with van der Waals surface area (Å²) in [5, 5.41) is 12.3. The first kappa shape index (κ1) is 17.3. The van der Waals surface area contributed by atoms with Crippen molar-refractivity contribution in [3.8, 4) is 29.1 Å². The Hall–Kier alpha value is -3.57. The van der Waals surface area contributed by atoms with E-state index >= 15 is 0 Å². The lowest BCUT2D eigenvalue weighted by Crippen LogP contribution is -2.01. The second kappa shape index (κ2) is 8.00. The van der Waals surface area contributed by atoms with Gasteiger partial charge in [0.05, 0.1) is 17.2 Å². The van der Waals surface area contributed by atoms with Crippen LogP contribution in [0.3, 0.4) is 0 Å². The molecule has 0 unspecified atom stereocenters. The van der Waals surface area contributed by atoms with Gasteiger partial charge >= 0.3 is 0 Å². The molecular weight excluding hydrogens is 330 g/mol. The van der Waals surface area contributed by atoms with Crippen LogP contribution < -0.4 is 15.8 Å². The molecule has 2 aromatic heterocycles. The molecule has 2 heterocycles. The SMILES string of the molecule is CCNc1cc(Oc2cc(C#N)ccc2-c2ncc(CN)cn2)ncn1. The molecule has 0 bridgehead atoms. The van der Waals surface area contributed by atoms with Crippen LogP contribution in [0, 0.1) is 11.3 Å². The molecule has 0 atom stereocenters. The molecule has 3 aromatic rings. The highest BCUT2D eigenvalue weighted by Gasteiger charge is 2.13. The number of hydrogen-bond donors (Lipinski definition) is 2. The number of nitriles is 1. The summed E-state index contributed by atoms with van der Waals surface area (Å²) in [6.07, 6.45) is 4.74. The molecule has 3 N–H and O–H groups in total. The largest absolute Gasteiger partial charge is 0.438 e. The van der Waals surface area contributed by atoms with Crippen LogP contribution in [0.4, 0.5) is 5.82 Å². The predicted octanol–water partition coefficient (Wildman–Crippen LogP) is 2.49. The van der Waals surface area contributed by atoms with Crippen molar-refractivity contribution in [3.63, 3.8) is 0 Å². The number of benzene rings is 1. The molecule has 3 rings (SSSR count). The second-order valence-corrected chi connectivity index (χ2v) is 5.32. The lowest BCUT2D eigenvalue weighted by molar-refractivity contribution is 0.463. The number of anilines is 1. The molecular formula is C18H17N7O. The second-order valence-electron chi connectivity index (χ2n) is 5.32. The number of rotatable bonds is 6. The molecule has 130 valence electrons. The fourth-order valence-corrected chi connectivity index (χ4v) is 2.25. The van der Waals surface area contributed by atoms with Crippen LogP contribution in [0.25, 0.3) is 11.4 Å². The van der Waals surface area contributed by atoms with Gasteiger partial charge in [-0.05, 0) is 25.1 Å². The Balaban J connectivity index is 1.99. The fourth-order valence-electron chi connectivity index (χ4n) is 2.25. The van der Waals surface area contributed by atoms with Gasteiger partial charge in [0, 0.05) is 37.1 Å². The molecule has 0 radical (unpaired) electrons. The lowest BCUT2D eigenvalue weighted by atomic mass is 10.1. The van der Waals surface area contributed by atoms with E-state index in [4.69, 9.17) is 10.5 Å². The maximum atomic E-state index is 9.19. The van der Waals surface area contributed by atoms with Gasteiger partial charge in [0.1, 0.15) is 17.9 Å². The molecule has 26 heavy (non-hydrogen) atoms. The Labute approximate surface area is 150 Å². The highest BCUT2D eigenvalue weighted by atomic mass is 16.5. The van der Waals surface area contributed by atoms with Crippen LogP contribution in [0.5, 0.6) is 11.6 Å². The van der Waals surface area contributed by atoms with Crippen molar-refractivity contribution in [1.82, 2.24) is 19.9 Å². The van der Waals surface area contributed by atoms with Crippen molar-refractivity contribution in [2.45, 2.75) is 13.5 Å². The van der Waals surface area contributed by atoms with Crippen LogP contribution in [0.2, 0.25) is 0 Å². The smallest absolute Gasteiger partial charge is 0.224 e. The van der Waals surface area contributed by atoms with Gasteiger partial charge in [-0.25, -0.2) is 19.9 Å². The number of ether oxygens (including phenoxy) is 1. The van der Waals surface area contributed by atoms with E-state index in [1.54, 1.807) is 36.7 Å². The molecule has 8 heteroatoms. The lowest BCUT2D eigenvalue weighted by Gasteiger charge is -2.11. The standard InChI is InChI=1S/C18H17N7O/c1-2-21-16-6-17(25-11-24-16)26-15-5-12(7-19)3-4-14(15)18-22-9-13(8-20)10-23-18/h3-6,9-11H,2,8,20H2,1H3,(H,21,24,25). The summed E-state index contributed by atoms with van der Waals surface area (Å²) in [5.74, 6) is 1.92. The van der Waals surface area contributed by atoms with E-state index in [1.807, 2.05) is 6.92 Å². The Morgan fingerprint density at radius 2 is 1.96 bits per heavy atom. The molecule has 0 aliphatic rings. The quantitative estimate of drug-likeness (QED) is 0.697. The van der Waals surface area contributed by atoms with Gasteiger partial charge in [-0.2, -0.15) is 5.26 Å². The number of nitrogens with one attached hydrogen (secondary N) is 1. The number of nitrogens with two attached hydrogens (primary N) is 1. The third-order valence-electron chi connectivity index (χ3n) is 3.51. The van der Waals surface area contributed by atoms with E-state index < -0.39 is 0 Å². The van der Waals surface area contributed by atoms with Crippen LogP contribution >= 0.6 is 0 Å². The summed E-state index contributed by atoms with van der Waals surface area (Å²) < 4.78 is 5.90. The monoisotopic (exact) mass is 347 g/mol. The maximum Gasteiger partial charge on any atom is 0.224 e. The minimum atomic E-state index is 0.353. The zero-order valence-corrected chi connectivity index (χ0v) is 14.2. The third-order valence-corrected chi connectivity index (χ3v) is 3.51. The van der Waals surface area contributed by atoms with Gasteiger partial charge in [0.25, 0.3) is 0 Å². The summed E-state index contributed by atoms with van der Waals surface area (Å²) in [7, 11) is 0. The van der Waals surface area contributed by atoms with Gasteiger partial charge in [-0.1, -0.05) is 0 Å². The molecule has 0 spiro atoms. The van der Waals surface area contributed by atoms with Crippen molar-refractivity contribution < 1.29 is 4.74 Å². The Morgan fingerprint density at radius 1 is 1.15 bits per heavy atom. The molecule has 1 aromatic carbocycles. The summed E-state index contributed by atoms with van der Waals surface area (Å²) >= 11 is 0. The van der Waals surface area contributed by atoms with Gasteiger partial charge in [-0.3, -0.25) is 0 Å². The summed E-state index contributed by atoms with van der Waals surface area (Å²) in [6, 6.07) is 8.85. The zero-order chi connectivity index (χ0) is 18.4. The van der Waals surface area contributed by atoms with Crippen molar-refractivity contribution in [2.24, 2.45) is 5.73 Å². The topological polar surface area (TPSA) is 123 Å². The highest BCUT2D eigenvalue weighted by molar-refractivity contribution is 5.66.